The van der Waals surface area contributed by atoms with Crippen molar-refractivity contribution in [3.05, 3.63) is 12.3 Å². The van der Waals surface area contributed by atoms with E-state index in [0.29, 0.717) is 5.92 Å². The Bertz CT molecular complexity index is 434. The molecule has 0 aromatic carbocycles. The van der Waals surface area contributed by atoms with E-state index in [1.807, 2.05) is 15.6 Å². The second kappa shape index (κ2) is 5.61. The molecule has 1 unspecified atom stereocenters. The van der Waals surface area contributed by atoms with E-state index in [0.717, 1.165) is 57.9 Å². The standard InChI is InChI=1S/C13H20N4O2/c18-13(16-6-1-2-7-16)15-12-3-5-14-17(12)9-11-4-8-19-10-11/h3,5,11H,1-2,4,6-10H2,(H,15,18). The van der Waals surface area contributed by atoms with Crippen LogP contribution >= 0.6 is 0 Å². The molecule has 1 aromatic heterocycles. The van der Waals surface area contributed by atoms with Crippen molar-refractivity contribution in [1.29, 1.82) is 0 Å². The summed E-state index contributed by atoms with van der Waals surface area (Å²) in [6.07, 6.45) is 5.01. The Labute approximate surface area is 112 Å². The van der Waals surface area contributed by atoms with Gasteiger partial charge < -0.3 is 9.64 Å². The fraction of sp³-hybridized carbons (Fsp3) is 0.692. The van der Waals surface area contributed by atoms with Crippen molar-refractivity contribution in [3.8, 4) is 0 Å². The number of hydrogen-bond donors (Lipinski definition) is 1. The summed E-state index contributed by atoms with van der Waals surface area (Å²) in [6, 6.07) is 1.84. The van der Waals surface area contributed by atoms with Crippen LogP contribution in [-0.4, -0.2) is 47.0 Å². The van der Waals surface area contributed by atoms with Gasteiger partial charge in [-0.1, -0.05) is 0 Å². The van der Waals surface area contributed by atoms with Gasteiger partial charge in [0.05, 0.1) is 12.8 Å². The zero-order valence-corrected chi connectivity index (χ0v) is 11.0. The van der Waals surface area contributed by atoms with Gasteiger partial charge >= 0.3 is 6.03 Å². The van der Waals surface area contributed by atoms with E-state index in [9.17, 15) is 4.79 Å². The van der Waals surface area contributed by atoms with E-state index in [1.165, 1.54) is 0 Å². The summed E-state index contributed by atoms with van der Waals surface area (Å²) in [5.74, 6) is 1.28. The molecule has 2 amide bonds. The Morgan fingerprint density at radius 1 is 1.47 bits per heavy atom. The second-order valence-corrected chi connectivity index (χ2v) is 5.25. The molecule has 104 valence electrons. The third-order valence-electron chi connectivity index (χ3n) is 3.80. The van der Waals surface area contributed by atoms with Crippen LogP contribution in [-0.2, 0) is 11.3 Å². The molecule has 2 aliphatic rings. The molecule has 19 heavy (non-hydrogen) atoms. The number of likely N-dealkylation sites (tertiary alicyclic amines) is 1. The van der Waals surface area contributed by atoms with Crippen LogP contribution in [0.15, 0.2) is 12.3 Å². The SMILES string of the molecule is O=C(Nc1ccnn1CC1CCOC1)N1CCCC1. The van der Waals surface area contributed by atoms with Crippen molar-refractivity contribution >= 4 is 11.8 Å². The molecule has 3 rings (SSSR count). The lowest BCUT2D eigenvalue weighted by Gasteiger charge is -2.17. The molecule has 6 heteroatoms. The predicted molar refractivity (Wildman–Crippen MR) is 71.0 cm³/mol. The van der Waals surface area contributed by atoms with Crippen LogP contribution in [0.5, 0.6) is 0 Å². The fourth-order valence-corrected chi connectivity index (χ4v) is 2.67. The molecule has 1 atom stereocenters. The van der Waals surface area contributed by atoms with Crippen molar-refractivity contribution in [2.45, 2.75) is 25.8 Å². The molecule has 2 saturated heterocycles. The van der Waals surface area contributed by atoms with Crippen LogP contribution in [0.3, 0.4) is 0 Å². The molecule has 1 N–H and O–H groups in total. The number of carbonyl (C=O) groups excluding carboxylic acids is 1. The van der Waals surface area contributed by atoms with E-state index in [1.54, 1.807) is 6.20 Å². The number of aromatic nitrogens is 2. The van der Waals surface area contributed by atoms with Crippen molar-refractivity contribution in [2.75, 3.05) is 31.6 Å². The van der Waals surface area contributed by atoms with Crippen LogP contribution in [0.2, 0.25) is 0 Å². The molecule has 1 aromatic rings. The Morgan fingerprint density at radius 3 is 3.05 bits per heavy atom. The van der Waals surface area contributed by atoms with Crippen LogP contribution < -0.4 is 5.32 Å². The first kappa shape index (κ1) is 12.5. The Morgan fingerprint density at radius 2 is 2.32 bits per heavy atom. The monoisotopic (exact) mass is 264 g/mol. The maximum Gasteiger partial charge on any atom is 0.322 e. The van der Waals surface area contributed by atoms with E-state index in [2.05, 4.69) is 10.4 Å². The molecule has 0 aliphatic carbocycles. The Kier molecular flexibility index (Phi) is 3.68. The molecular formula is C13H20N4O2. The molecule has 0 bridgehead atoms. The normalized spacial score (nSPS) is 22.9. The minimum Gasteiger partial charge on any atom is -0.381 e. The molecule has 0 saturated carbocycles. The number of urea groups is 1. The maximum atomic E-state index is 12.1. The lowest BCUT2D eigenvalue weighted by molar-refractivity contribution is 0.181. The van der Waals surface area contributed by atoms with Gasteiger partial charge in [-0.2, -0.15) is 5.10 Å². The quantitative estimate of drug-likeness (QED) is 0.901. The highest BCUT2D eigenvalue weighted by Crippen LogP contribution is 2.18. The summed E-state index contributed by atoms with van der Waals surface area (Å²) in [5, 5.41) is 7.24. The number of rotatable bonds is 3. The Balaban J connectivity index is 1.60. The average molecular weight is 264 g/mol. The summed E-state index contributed by atoms with van der Waals surface area (Å²) >= 11 is 0. The zero-order chi connectivity index (χ0) is 13.1. The molecule has 2 aliphatic heterocycles. The summed E-state index contributed by atoms with van der Waals surface area (Å²) in [4.78, 5) is 13.9. The smallest absolute Gasteiger partial charge is 0.322 e. The molecule has 6 nitrogen and oxygen atoms in total. The number of hydrogen-bond acceptors (Lipinski definition) is 3. The number of nitrogens with zero attached hydrogens (tertiary/aromatic N) is 3. The van der Waals surface area contributed by atoms with Gasteiger partial charge in [0, 0.05) is 38.2 Å². The first-order valence-electron chi connectivity index (χ1n) is 6.98. The average Bonchev–Trinajstić information content (AvgIpc) is 3.12. The molecule has 2 fully saturated rings. The highest BCUT2D eigenvalue weighted by molar-refractivity contribution is 5.88. The highest BCUT2D eigenvalue weighted by atomic mass is 16.5. The largest absolute Gasteiger partial charge is 0.381 e. The summed E-state index contributed by atoms with van der Waals surface area (Å²) in [5.41, 5.74) is 0. The summed E-state index contributed by atoms with van der Waals surface area (Å²) in [6.45, 7) is 4.15. The summed E-state index contributed by atoms with van der Waals surface area (Å²) < 4.78 is 7.24. The number of carbonyl (C=O) groups is 1. The number of anilines is 1. The van der Waals surface area contributed by atoms with E-state index in [4.69, 9.17) is 4.74 Å². The van der Waals surface area contributed by atoms with Gasteiger partial charge in [-0.3, -0.25) is 5.32 Å². The van der Waals surface area contributed by atoms with Gasteiger partial charge in [-0.05, 0) is 19.3 Å². The summed E-state index contributed by atoms with van der Waals surface area (Å²) in [7, 11) is 0. The van der Waals surface area contributed by atoms with E-state index < -0.39 is 0 Å². The van der Waals surface area contributed by atoms with Crippen molar-refractivity contribution < 1.29 is 9.53 Å². The third-order valence-corrected chi connectivity index (χ3v) is 3.80. The molecule has 0 radical (unpaired) electrons. The maximum absolute atomic E-state index is 12.1. The van der Waals surface area contributed by atoms with Gasteiger partial charge in [0.25, 0.3) is 0 Å². The zero-order valence-electron chi connectivity index (χ0n) is 11.0. The lowest BCUT2D eigenvalue weighted by atomic mass is 10.1. The molecule has 3 heterocycles. The van der Waals surface area contributed by atoms with Crippen molar-refractivity contribution in [3.63, 3.8) is 0 Å². The topological polar surface area (TPSA) is 59.4 Å². The van der Waals surface area contributed by atoms with Gasteiger partial charge in [0.15, 0.2) is 0 Å². The highest BCUT2D eigenvalue weighted by Gasteiger charge is 2.21. The first-order valence-corrected chi connectivity index (χ1v) is 6.98. The van der Waals surface area contributed by atoms with Gasteiger partial charge in [0.2, 0.25) is 0 Å². The lowest BCUT2D eigenvalue weighted by Crippen LogP contribution is -2.33. The van der Waals surface area contributed by atoms with Crippen molar-refractivity contribution in [2.24, 2.45) is 5.92 Å². The minimum absolute atomic E-state index is 0.0121. The van der Waals surface area contributed by atoms with Crippen LogP contribution in [0.1, 0.15) is 19.3 Å². The number of amides is 2. The fourth-order valence-electron chi connectivity index (χ4n) is 2.67. The number of ether oxygens (including phenoxy) is 1. The van der Waals surface area contributed by atoms with Crippen LogP contribution in [0.25, 0.3) is 0 Å². The van der Waals surface area contributed by atoms with Crippen LogP contribution in [0, 0.1) is 5.92 Å². The predicted octanol–water partition coefficient (Wildman–Crippen LogP) is 1.55. The number of nitrogens with one attached hydrogen (secondary N) is 1. The van der Waals surface area contributed by atoms with Gasteiger partial charge in [-0.25, -0.2) is 9.48 Å². The second-order valence-electron chi connectivity index (χ2n) is 5.25. The molecular weight excluding hydrogens is 244 g/mol. The van der Waals surface area contributed by atoms with E-state index >= 15 is 0 Å². The molecule has 0 spiro atoms. The van der Waals surface area contributed by atoms with Crippen LogP contribution in [0.4, 0.5) is 10.6 Å². The van der Waals surface area contributed by atoms with E-state index in [-0.39, 0.29) is 6.03 Å². The Hall–Kier alpha value is -1.56. The van der Waals surface area contributed by atoms with Gasteiger partial charge in [-0.15, -0.1) is 0 Å². The first-order chi connectivity index (χ1) is 9.33. The minimum atomic E-state index is -0.0121. The van der Waals surface area contributed by atoms with Gasteiger partial charge in [0.1, 0.15) is 5.82 Å². The third kappa shape index (κ3) is 2.89. The van der Waals surface area contributed by atoms with Crippen molar-refractivity contribution in [1.82, 2.24) is 14.7 Å².